The highest BCUT2D eigenvalue weighted by atomic mass is 19.1. The first-order chi connectivity index (χ1) is 12.9. The van der Waals surface area contributed by atoms with E-state index in [1.807, 2.05) is 6.92 Å². The van der Waals surface area contributed by atoms with Crippen molar-refractivity contribution in [2.75, 3.05) is 0 Å². The maximum atomic E-state index is 14.0. The van der Waals surface area contributed by atoms with Crippen LogP contribution in [0.1, 0.15) is 23.7 Å². The van der Waals surface area contributed by atoms with Crippen molar-refractivity contribution < 1.29 is 13.9 Å². The number of phenolic OH excluding ortho intramolecular Hbond substituents is 1. The fraction of sp³-hybridized carbons (Fsp3) is 0.238. The Kier molecular flexibility index (Phi) is 5.35. The molecular formula is C21H20F2N2O2. The SMILES string of the molecule is CCc1c(C)nc(-c2cccc(F)c2O)n(CCc2ccccc2F)c1=O. The third kappa shape index (κ3) is 3.60. The second-order valence-corrected chi connectivity index (χ2v) is 6.29. The number of phenols is 1. The zero-order valence-electron chi connectivity index (χ0n) is 15.2. The van der Waals surface area contributed by atoms with Crippen molar-refractivity contribution in [1.29, 1.82) is 0 Å². The van der Waals surface area contributed by atoms with E-state index in [0.717, 1.165) is 6.07 Å². The maximum absolute atomic E-state index is 14.0. The van der Waals surface area contributed by atoms with Crippen LogP contribution in [0.25, 0.3) is 11.4 Å². The molecule has 0 fully saturated rings. The van der Waals surface area contributed by atoms with Crippen molar-refractivity contribution in [3.8, 4) is 17.1 Å². The van der Waals surface area contributed by atoms with Gasteiger partial charge in [0.2, 0.25) is 0 Å². The smallest absolute Gasteiger partial charge is 0.257 e. The molecule has 3 aromatic rings. The molecule has 1 aromatic heterocycles. The number of para-hydroxylation sites is 1. The number of benzene rings is 2. The summed E-state index contributed by atoms with van der Waals surface area (Å²) >= 11 is 0. The summed E-state index contributed by atoms with van der Waals surface area (Å²) in [5, 5.41) is 10.1. The van der Waals surface area contributed by atoms with E-state index in [9.17, 15) is 18.7 Å². The summed E-state index contributed by atoms with van der Waals surface area (Å²) < 4.78 is 29.2. The van der Waals surface area contributed by atoms with Gasteiger partial charge < -0.3 is 5.11 Å². The number of rotatable bonds is 5. The minimum atomic E-state index is -0.792. The summed E-state index contributed by atoms with van der Waals surface area (Å²) in [6, 6.07) is 10.4. The van der Waals surface area contributed by atoms with E-state index in [1.54, 1.807) is 25.1 Å². The highest BCUT2D eigenvalue weighted by Gasteiger charge is 2.19. The molecule has 0 spiro atoms. The first kappa shape index (κ1) is 18.8. The van der Waals surface area contributed by atoms with E-state index in [-0.39, 0.29) is 35.7 Å². The zero-order chi connectivity index (χ0) is 19.6. The molecule has 2 aromatic carbocycles. The first-order valence-corrected chi connectivity index (χ1v) is 8.75. The van der Waals surface area contributed by atoms with Gasteiger partial charge in [-0.3, -0.25) is 9.36 Å². The van der Waals surface area contributed by atoms with Crippen molar-refractivity contribution in [1.82, 2.24) is 9.55 Å². The number of hydrogen-bond donors (Lipinski definition) is 1. The average molecular weight is 370 g/mol. The fourth-order valence-corrected chi connectivity index (χ4v) is 3.15. The van der Waals surface area contributed by atoms with E-state index in [2.05, 4.69) is 4.98 Å². The molecule has 0 aliphatic carbocycles. The Morgan fingerprint density at radius 2 is 1.78 bits per heavy atom. The Morgan fingerprint density at radius 3 is 2.48 bits per heavy atom. The van der Waals surface area contributed by atoms with Crippen molar-refractivity contribution >= 4 is 0 Å². The molecule has 0 unspecified atom stereocenters. The van der Waals surface area contributed by atoms with Crippen molar-refractivity contribution in [3.05, 3.63) is 81.3 Å². The highest BCUT2D eigenvalue weighted by Crippen LogP contribution is 2.30. The van der Waals surface area contributed by atoms with Gasteiger partial charge in [-0.2, -0.15) is 0 Å². The molecule has 0 amide bonds. The Labute approximate surface area is 155 Å². The van der Waals surface area contributed by atoms with Gasteiger partial charge >= 0.3 is 0 Å². The van der Waals surface area contributed by atoms with E-state index in [0.29, 0.717) is 23.2 Å². The number of nitrogens with zero attached hydrogens (tertiary/aromatic N) is 2. The second kappa shape index (κ2) is 7.70. The fourth-order valence-electron chi connectivity index (χ4n) is 3.15. The molecule has 0 bridgehead atoms. The molecule has 0 saturated carbocycles. The van der Waals surface area contributed by atoms with Gasteiger partial charge in [0.05, 0.1) is 5.56 Å². The molecule has 0 atom stereocenters. The molecule has 0 aliphatic rings. The van der Waals surface area contributed by atoms with Gasteiger partial charge in [0.15, 0.2) is 11.6 Å². The minimum Gasteiger partial charge on any atom is -0.504 e. The zero-order valence-corrected chi connectivity index (χ0v) is 15.2. The Morgan fingerprint density at radius 1 is 1.07 bits per heavy atom. The third-order valence-corrected chi connectivity index (χ3v) is 4.61. The molecule has 140 valence electrons. The topological polar surface area (TPSA) is 55.1 Å². The molecule has 27 heavy (non-hydrogen) atoms. The van der Waals surface area contributed by atoms with Crippen molar-refractivity contribution in [2.24, 2.45) is 0 Å². The predicted octanol–water partition coefficient (Wildman–Crippen LogP) is 4.01. The van der Waals surface area contributed by atoms with E-state index in [1.165, 1.54) is 22.8 Å². The van der Waals surface area contributed by atoms with Crippen molar-refractivity contribution in [3.63, 3.8) is 0 Å². The molecule has 3 rings (SSSR count). The van der Waals surface area contributed by atoms with Gasteiger partial charge in [0, 0.05) is 17.8 Å². The van der Waals surface area contributed by atoms with Gasteiger partial charge in [-0.15, -0.1) is 0 Å². The number of aromatic nitrogens is 2. The molecule has 1 N–H and O–H groups in total. The number of hydrogen-bond acceptors (Lipinski definition) is 3. The maximum Gasteiger partial charge on any atom is 0.257 e. The van der Waals surface area contributed by atoms with E-state index < -0.39 is 11.6 Å². The molecule has 1 heterocycles. The largest absolute Gasteiger partial charge is 0.504 e. The summed E-state index contributed by atoms with van der Waals surface area (Å²) in [6.45, 7) is 3.72. The van der Waals surface area contributed by atoms with Crippen LogP contribution in [0.5, 0.6) is 5.75 Å². The molecule has 0 saturated heterocycles. The van der Waals surface area contributed by atoms with Gasteiger partial charge in [-0.05, 0) is 43.5 Å². The molecule has 4 nitrogen and oxygen atoms in total. The minimum absolute atomic E-state index is 0.131. The lowest BCUT2D eigenvalue weighted by molar-refractivity contribution is 0.433. The van der Waals surface area contributed by atoms with Gasteiger partial charge in [0.1, 0.15) is 11.6 Å². The summed E-state index contributed by atoms with van der Waals surface area (Å²) in [6.07, 6.45) is 0.760. The molecule has 0 radical (unpaired) electrons. The van der Waals surface area contributed by atoms with Crippen LogP contribution in [0, 0.1) is 18.6 Å². The third-order valence-electron chi connectivity index (χ3n) is 4.61. The Hall–Kier alpha value is -3.02. The summed E-state index contributed by atoms with van der Waals surface area (Å²) in [4.78, 5) is 17.4. The number of aromatic hydroxyl groups is 1. The Bertz CT molecular complexity index is 1040. The normalized spacial score (nSPS) is 11.0. The first-order valence-electron chi connectivity index (χ1n) is 8.75. The molecular weight excluding hydrogens is 350 g/mol. The van der Waals surface area contributed by atoms with Crippen LogP contribution in [-0.4, -0.2) is 14.7 Å². The molecule has 0 aliphatic heterocycles. The van der Waals surface area contributed by atoms with Gasteiger partial charge in [-0.1, -0.05) is 31.2 Å². The van der Waals surface area contributed by atoms with Crippen LogP contribution in [-0.2, 0) is 19.4 Å². The van der Waals surface area contributed by atoms with Crippen LogP contribution < -0.4 is 5.56 Å². The number of aryl methyl sites for hydroxylation is 2. The highest BCUT2D eigenvalue weighted by molar-refractivity contribution is 5.64. The standard InChI is InChI=1S/C21H20F2N2O2/c1-3-15-13(2)24-20(16-8-6-10-18(23)19(16)26)25(21(15)27)12-11-14-7-4-5-9-17(14)22/h4-10,26H,3,11-12H2,1-2H3. The van der Waals surface area contributed by atoms with Crippen molar-refractivity contribution in [2.45, 2.75) is 33.2 Å². The number of halogens is 2. The lowest BCUT2D eigenvalue weighted by Gasteiger charge is -2.16. The van der Waals surface area contributed by atoms with Gasteiger partial charge in [-0.25, -0.2) is 13.8 Å². The second-order valence-electron chi connectivity index (χ2n) is 6.29. The van der Waals surface area contributed by atoms with E-state index >= 15 is 0 Å². The van der Waals surface area contributed by atoms with Gasteiger partial charge in [0.25, 0.3) is 5.56 Å². The van der Waals surface area contributed by atoms with Crippen LogP contribution in [0.3, 0.4) is 0 Å². The average Bonchev–Trinajstić information content (AvgIpc) is 2.64. The Balaban J connectivity index is 2.14. The lowest BCUT2D eigenvalue weighted by Crippen LogP contribution is -2.28. The predicted molar refractivity (Wildman–Crippen MR) is 99.8 cm³/mol. The molecule has 6 heteroatoms. The summed E-state index contributed by atoms with van der Waals surface area (Å²) in [5.74, 6) is -1.54. The quantitative estimate of drug-likeness (QED) is 0.738. The van der Waals surface area contributed by atoms with Crippen LogP contribution in [0.15, 0.2) is 47.3 Å². The van der Waals surface area contributed by atoms with Crippen LogP contribution in [0.2, 0.25) is 0 Å². The summed E-state index contributed by atoms with van der Waals surface area (Å²) in [5.41, 5.74) is 1.41. The van der Waals surface area contributed by atoms with Crippen LogP contribution >= 0.6 is 0 Å². The monoisotopic (exact) mass is 370 g/mol. The van der Waals surface area contributed by atoms with E-state index in [4.69, 9.17) is 0 Å². The lowest BCUT2D eigenvalue weighted by atomic mass is 10.1. The summed E-state index contributed by atoms with van der Waals surface area (Å²) in [7, 11) is 0. The van der Waals surface area contributed by atoms with Crippen LogP contribution in [0.4, 0.5) is 8.78 Å².